The Morgan fingerprint density at radius 1 is 1.36 bits per heavy atom. The molecule has 58 valence electrons. The zero-order chi connectivity index (χ0) is 8.27. The fraction of sp³-hybridized carbons (Fsp3) is 0.125. The van der Waals surface area contributed by atoms with E-state index in [2.05, 4.69) is 5.73 Å². The number of carboxylic acids is 1. The molecule has 0 heterocycles. The van der Waals surface area contributed by atoms with Crippen LogP contribution in [0.5, 0.6) is 0 Å². The smallest absolute Gasteiger partial charge is 0.367 e. The van der Waals surface area contributed by atoms with E-state index in [1.807, 2.05) is 6.07 Å². The summed E-state index contributed by atoms with van der Waals surface area (Å²) in [5.41, 5.74) is 4.24. The Kier molecular flexibility index (Phi) is 2.23. The van der Waals surface area contributed by atoms with Crippen molar-refractivity contribution in [2.75, 3.05) is 0 Å². The largest absolute Gasteiger partial charge is 0.477 e. The lowest BCUT2D eigenvalue weighted by Crippen LogP contribution is -2.57. The summed E-state index contributed by atoms with van der Waals surface area (Å²) < 4.78 is 0. The first-order chi connectivity index (χ1) is 5.22. The topological polar surface area (TPSA) is 64.9 Å². The molecule has 1 aromatic carbocycles. The van der Waals surface area contributed by atoms with Gasteiger partial charge in [0.25, 0.3) is 0 Å². The number of hydrogen-bond acceptors (Lipinski definition) is 1. The van der Waals surface area contributed by atoms with Crippen LogP contribution in [0.1, 0.15) is 11.6 Å². The van der Waals surface area contributed by atoms with Crippen LogP contribution >= 0.6 is 0 Å². The summed E-state index contributed by atoms with van der Waals surface area (Å²) in [6, 6.07) is 8.30. The summed E-state index contributed by atoms with van der Waals surface area (Å²) in [5.74, 6) is -0.892. The highest BCUT2D eigenvalue weighted by Gasteiger charge is 2.16. The Morgan fingerprint density at radius 2 is 1.91 bits per heavy atom. The molecule has 0 spiro atoms. The minimum absolute atomic E-state index is 0.656. The second kappa shape index (κ2) is 3.16. The molecule has 0 bridgehead atoms. The number of carboxylic acid groups (broad SMARTS) is 1. The highest BCUT2D eigenvalue weighted by Crippen LogP contribution is 2.06. The maximum Gasteiger partial charge on any atom is 0.367 e. The third-order valence-electron chi connectivity index (χ3n) is 1.50. The average Bonchev–Trinajstić information content (AvgIpc) is 2.05. The van der Waals surface area contributed by atoms with Gasteiger partial charge in [-0.1, -0.05) is 30.3 Å². The van der Waals surface area contributed by atoms with Crippen molar-refractivity contribution in [1.29, 1.82) is 0 Å². The first-order valence-corrected chi connectivity index (χ1v) is 3.32. The van der Waals surface area contributed by atoms with E-state index in [1.165, 1.54) is 0 Å². The Bertz CT molecular complexity index is 246. The van der Waals surface area contributed by atoms with E-state index in [4.69, 9.17) is 5.11 Å². The molecule has 1 rings (SSSR count). The van der Waals surface area contributed by atoms with Gasteiger partial charge in [0.05, 0.1) is 0 Å². The first kappa shape index (κ1) is 7.75. The van der Waals surface area contributed by atoms with Crippen LogP contribution in [0.25, 0.3) is 0 Å². The Hall–Kier alpha value is -1.35. The highest BCUT2D eigenvalue weighted by atomic mass is 16.4. The molecular weight excluding hydrogens is 142 g/mol. The van der Waals surface area contributed by atoms with E-state index in [0.717, 1.165) is 5.56 Å². The van der Waals surface area contributed by atoms with Crippen LogP contribution in [0.2, 0.25) is 0 Å². The molecular formula is C8H10NO2+. The van der Waals surface area contributed by atoms with Gasteiger partial charge in [0.1, 0.15) is 0 Å². The van der Waals surface area contributed by atoms with Crippen molar-refractivity contribution in [3.8, 4) is 0 Å². The summed E-state index contributed by atoms with van der Waals surface area (Å²) in [7, 11) is 0. The molecule has 1 aromatic rings. The summed E-state index contributed by atoms with van der Waals surface area (Å²) in [6.45, 7) is 0. The number of rotatable bonds is 2. The van der Waals surface area contributed by atoms with Crippen LogP contribution in [0.3, 0.4) is 0 Å². The number of carbonyl (C=O) groups is 1. The first-order valence-electron chi connectivity index (χ1n) is 3.32. The predicted molar refractivity (Wildman–Crippen MR) is 39.7 cm³/mol. The van der Waals surface area contributed by atoms with Crippen LogP contribution in [-0.2, 0) is 4.79 Å². The second-order valence-electron chi connectivity index (χ2n) is 2.30. The molecule has 4 N–H and O–H groups in total. The van der Waals surface area contributed by atoms with Crippen LogP contribution in [0.4, 0.5) is 0 Å². The average molecular weight is 152 g/mol. The zero-order valence-electron chi connectivity index (χ0n) is 6.03. The van der Waals surface area contributed by atoms with E-state index in [0.29, 0.717) is 0 Å². The molecule has 0 aliphatic carbocycles. The molecule has 0 fully saturated rings. The SMILES string of the molecule is [NH3+]C(C(=O)O)c1ccccc1. The number of quaternary nitrogens is 1. The fourth-order valence-corrected chi connectivity index (χ4v) is 0.828. The van der Waals surface area contributed by atoms with Crippen molar-refractivity contribution < 1.29 is 15.6 Å². The van der Waals surface area contributed by atoms with Crippen molar-refractivity contribution in [1.82, 2.24) is 0 Å². The van der Waals surface area contributed by atoms with Crippen molar-refractivity contribution in [3.05, 3.63) is 35.9 Å². The standard InChI is InChI=1S/C8H9NO2/c9-7(8(10)11)6-4-2-1-3-5-6/h1-5,7H,9H2,(H,10,11)/p+1. The van der Waals surface area contributed by atoms with Gasteiger partial charge in [0, 0.05) is 5.56 Å². The van der Waals surface area contributed by atoms with Gasteiger partial charge in [-0.2, -0.15) is 0 Å². The normalized spacial score (nSPS) is 12.5. The molecule has 0 aliphatic rings. The van der Waals surface area contributed by atoms with Gasteiger partial charge >= 0.3 is 5.97 Å². The molecule has 0 radical (unpaired) electrons. The monoisotopic (exact) mass is 152 g/mol. The lowest BCUT2D eigenvalue weighted by Gasteiger charge is -2.01. The molecule has 1 unspecified atom stereocenters. The van der Waals surface area contributed by atoms with Gasteiger partial charge in [-0.05, 0) is 0 Å². The maximum absolute atomic E-state index is 10.4. The number of benzene rings is 1. The second-order valence-corrected chi connectivity index (χ2v) is 2.30. The van der Waals surface area contributed by atoms with Crippen molar-refractivity contribution in [3.63, 3.8) is 0 Å². The van der Waals surface area contributed by atoms with E-state index < -0.39 is 12.0 Å². The Balaban J connectivity index is 2.85. The van der Waals surface area contributed by atoms with Crippen LogP contribution < -0.4 is 5.73 Å². The Labute approximate surface area is 64.5 Å². The molecule has 0 saturated heterocycles. The number of hydrogen-bond donors (Lipinski definition) is 2. The van der Waals surface area contributed by atoms with E-state index in [1.54, 1.807) is 24.3 Å². The summed E-state index contributed by atoms with van der Waals surface area (Å²) >= 11 is 0. The molecule has 3 heteroatoms. The third kappa shape index (κ3) is 1.78. The van der Waals surface area contributed by atoms with Gasteiger partial charge in [0.2, 0.25) is 6.04 Å². The predicted octanol–water partition coefficient (Wildman–Crippen LogP) is 0.0542. The zero-order valence-corrected chi connectivity index (χ0v) is 6.03. The lowest BCUT2D eigenvalue weighted by atomic mass is 10.1. The van der Waals surface area contributed by atoms with Crippen LogP contribution in [-0.4, -0.2) is 11.1 Å². The minimum Gasteiger partial charge on any atom is -0.477 e. The summed E-state index contributed by atoms with van der Waals surface area (Å²) in [6.07, 6.45) is 0. The van der Waals surface area contributed by atoms with Gasteiger partial charge in [-0.15, -0.1) is 0 Å². The molecule has 1 atom stereocenters. The summed E-state index contributed by atoms with van der Waals surface area (Å²) in [4.78, 5) is 10.4. The lowest BCUT2D eigenvalue weighted by molar-refractivity contribution is -0.413. The molecule has 0 aliphatic heterocycles. The molecule has 11 heavy (non-hydrogen) atoms. The molecule has 0 aromatic heterocycles. The summed E-state index contributed by atoms with van der Waals surface area (Å²) in [5, 5.41) is 8.57. The molecule has 0 amide bonds. The van der Waals surface area contributed by atoms with E-state index in [-0.39, 0.29) is 0 Å². The number of aliphatic carboxylic acids is 1. The Morgan fingerprint density at radius 3 is 2.36 bits per heavy atom. The van der Waals surface area contributed by atoms with Crippen LogP contribution in [0.15, 0.2) is 30.3 Å². The van der Waals surface area contributed by atoms with Crippen molar-refractivity contribution in [2.45, 2.75) is 6.04 Å². The van der Waals surface area contributed by atoms with Gasteiger partial charge in [-0.25, -0.2) is 4.79 Å². The quantitative estimate of drug-likeness (QED) is 0.629. The minimum atomic E-state index is -0.892. The molecule has 0 saturated carbocycles. The van der Waals surface area contributed by atoms with Gasteiger partial charge in [-0.3, -0.25) is 0 Å². The maximum atomic E-state index is 10.4. The molecule has 3 nitrogen and oxygen atoms in total. The van der Waals surface area contributed by atoms with Crippen molar-refractivity contribution in [2.24, 2.45) is 0 Å². The van der Waals surface area contributed by atoms with Crippen LogP contribution in [0, 0.1) is 0 Å². The van der Waals surface area contributed by atoms with E-state index >= 15 is 0 Å². The van der Waals surface area contributed by atoms with E-state index in [9.17, 15) is 4.79 Å². The van der Waals surface area contributed by atoms with Gasteiger partial charge < -0.3 is 10.8 Å². The fourth-order valence-electron chi connectivity index (χ4n) is 0.828. The highest BCUT2D eigenvalue weighted by molar-refractivity contribution is 5.73. The van der Waals surface area contributed by atoms with Crippen molar-refractivity contribution >= 4 is 5.97 Å². The van der Waals surface area contributed by atoms with Gasteiger partial charge in [0.15, 0.2) is 0 Å². The third-order valence-corrected chi connectivity index (χ3v) is 1.50.